The number of aromatic nitrogens is 2. The van der Waals surface area contributed by atoms with Gasteiger partial charge in [-0.1, -0.05) is 18.4 Å². The molecule has 4 heterocycles. The number of pyridine rings is 2. The third-order valence-corrected chi connectivity index (χ3v) is 9.36. The maximum absolute atomic E-state index is 13.8. The highest BCUT2D eigenvalue weighted by Gasteiger charge is 2.54. The van der Waals surface area contributed by atoms with Gasteiger partial charge in [0, 0.05) is 55.7 Å². The zero-order chi connectivity index (χ0) is 35.1. The van der Waals surface area contributed by atoms with E-state index in [4.69, 9.17) is 19.4 Å². The van der Waals surface area contributed by atoms with Crippen molar-refractivity contribution < 1.29 is 23.9 Å². The first-order valence-corrected chi connectivity index (χ1v) is 17.3. The molecule has 1 saturated heterocycles. The van der Waals surface area contributed by atoms with Crippen LogP contribution < -0.4 is 9.80 Å². The third kappa shape index (κ3) is 7.13. The summed E-state index contributed by atoms with van der Waals surface area (Å²) < 4.78 is 11.4. The molecular weight excluding hydrogens is 618 g/mol. The van der Waals surface area contributed by atoms with Crippen LogP contribution in [0.1, 0.15) is 91.3 Å². The van der Waals surface area contributed by atoms with Crippen LogP contribution in [0.3, 0.4) is 0 Å². The van der Waals surface area contributed by atoms with Gasteiger partial charge in [-0.2, -0.15) is 4.90 Å². The summed E-state index contributed by atoms with van der Waals surface area (Å²) in [5.41, 5.74) is 2.40. The number of Topliss-reactive ketones (excluding diaryl/α,β-unsaturated/α-hetero) is 1. The topological polar surface area (TPSA) is 105 Å². The van der Waals surface area contributed by atoms with E-state index in [1.807, 2.05) is 31.4 Å². The van der Waals surface area contributed by atoms with Gasteiger partial charge in [0.2, 0.25) is 0 Å². The molecule has 2 aromatic heterocycles. The van der Waals surface area contributed by atoms with Crippen molar-refractivity contribution in [2.45, 2.75) is 96.7 Å². The number of fused-ring (bicyclic) bond motifs is 4. The van der Waals surface area contributed by atoms with E-state index in [2.05, 4.69) is 21.6 Å². The van der Waals surface area contributed by atoms with Gasteiger partial charge in [0.05, 0.1) is 28.5 Å². The summed E-state index contributed by atoms with van der Waals surface area (Å²) in [6, 6.07) is 7.65. The molecule has 3 aliphatic rings. The first-order chi connectivity index (χ1) is 23.1. The van der Waals surface area contributed by atoms with Crippen molar-refractivity contribution in [3.63, 3.8) is 0 Å². The lowest BCUT2D eigenvalue weighted by Gasteiger charge is -2.37. The van der Waals surface area contributed by atoms with Crippen molar-refractivity contribution in [1.29, 1.82) is 0 Å². The van der Waals surface area contributed by atoms with Crippen LogP contribution in [-0.2, 0) is 19.7 Å². The van der Waals surface area contributed by atoms with Gasteiger partial charge < -0.3 is 19.3 Å². The van der Waals surface area contributed by atoms with Crippen LogP contribution in [0.25, 0.3) is 22.0 Å². The van der Waals surface area contributed by atoms with Crippen molar-refractivity contribution in [2.24, 2.45) is 0 Å². The minimum absolute atomic E-state index is 0.174. The van der Waals surface area contributed by atoms with Crippen molar-refractivity contribution >= 4 is 40.2 Å². The van der Waals surface area contributed by atoms with E-state index in [0.29, 0.717) is 24.9 Å². The molecule has 1 unspecified atom stereocenters. The van der Waals surface area contributed by atoms with Crippen LogP contribution in [0.4, 0.5) is 21.0 Å². The van der Waals surface area contributed by atoms with Gasteiger partial charge >= 0.3 is 12.2 Å². The summed E-state index contributed by atoms with van der Waals surface area (Å²) in [7, 11) is 2.00. The SMILES string of the molecule is CN1CC2(CCC2=O)c2c1cnc1ccc(-c3cnc(C#CCCN4CCCCC4)c(N(C(=O)OC(C)(C)C)C(=O)OC(C)(C)C)c3)cc21. The van der Waals surface area contributed by atoms with Crippen molar-refractivity contribution in [2.75, 3.05) is 43.0 Å². The molecule has 6 rings (SSSR count). The average molecular weight is 666 g/mol. The molecule has 49 heavy (non-hydrogen) atoms. The molecule has 1 saturated carbocycles. The molecule has 0 bridgehead atoms. The molecule has 2 fully saturated rings. The number of nitrogens with zero attached hydrogens (tertiary/aromatic N) is 5. The van der Waals surface area contributed by atoms with E-state index in [-0.39, 0.29) is 17.2 Å². The van der Waals surface area contributed by atoms with Gasteiger partial charge in [0.25, 0.3) is 0 Å². The molecule has 2 aliphatic heterocycles. The van der Waals surface area contributed by atoms with Crippen LogP contribution in [-0.4, -0.2) is 77.3 Å². The number of hydrogen-bond donors (Lipinski definition) is 0. The summed E-state index contributed by atoms with van der Waals surface area (Å²) in [5.74, 6) is 6.64. The number of anilines is 2. The van der Waals surface area contributed by atoms with Gasteiger partial charge in [-0.25, -0.2) is 14.6 Å². The lowest BCUT2D eigenvalue weighted by Crippen LogP contribution is -2.48. The number of imide groups is 1. The average Bonchev–Trinajstić information content (AvgIpc) is 3.36. The largest absolute Gasteiger partial charge is 0.443 e. The predicted octanol–water partition coefficient (Wildman–Crippen LogP) is 7.25. The summed E-state index contributed by atoms with van der Waals surface area (Å²) in [5, 5.41) is 0.909. The fourth-order valence-corrected chi connectivity index (χ4v) is 6.99. The van der Waals surface area contributed by atoms with E-state index in [1.54, 1.807) is 53.8 Å². The van der Waals surface area contributed by atoms with Crippen LogP contribution in [0.2, 0.25) is 0 Å². The minimum Gasteiger partial charge on any atom is -0.443 e. The number of likely N-dealkylation sites (N-methyl/N-ethyl adjacent to an activating group) is 1. The number of likely N-dealkylation sites (tertiary alicyclic amines) is 1. The maximum atomic E-state index is 13.8. The van der Waals surface area contributed by atoms with Gasteiger partial charge in [-0.15, -0.1) is 0 Å². The molecule has 258 valence electrons. The highest BCUT2D eigenvalue weighted by atomic mass is 16.6. The normalized spacial score (nSPS) is 19.2. The molecule has 1 spiro atoms. The first-order valence-electron chi connectivity index (χ1n) is 17.3. The van der Waals surface area contributed by atoms with E-state index >= 15 is 0 Å². The highest BCUT2D eigenvalue weighted by Crippen LogP contribution is 2.52. The molecule has 1 aliphatic carbocycles. The van der Waals surface area contributed by atoms with E-state index in [9.17, 15) is 14.4 Å². The lowest BCUT2D eigenvalue weighted by molar-refractivity contribution is -0.130. The van der Waals surface area contributed by atoms with Crippen molar-refractivity contribution in [1.82, 2.24) is 14.9 Å². The Balaban J connectivity index is 1.45. The summed E-state index contributed by atoms with van der Waals surface area (Å²) in [4.78, 5) is 55.5. The second kappa shape index (κ2) is 13.1. The summed E-state index contributed by atoms with van der Waals surface area (Å²) >= 11 is 0. The Morgan fingerprint density at radius 2 is 1.63 bits per heavy atom. The summed E-state index contributed by atoms with van der Waals surface area (Å²) in [6.07, 6.45) is 7.46. The van der Waals surface area contributed by atoms with Crippen LogP contribution in [0, 0.1) is 11.8 Å². The second-order valence-electron chi connectivity index (χ2n) is 15.5. The molecule has 2 amide bonds. The zero-order valence-corrected chi connectivity index (χ0v) is 29.8. The Bertz CT molecular complexity index is 1830. The smallest absolute Gasteiger partial charge is 0.424 e. The standard InChI is InChI=1S/C39H47N5O5/c1-37(2,3)48-35(46)44(36(47)49-38(4,5)6)31-22-27(23-40-30(31)13-9-12-20-43-18-10-8-11-19-43)26-14-15-29-28(21-26)34-32(24-41-29)42(7)25-39(34)17-16-33(39)45/h14-15,21-24H,8,10-12,16-20,25H2,1-7H3. The van der Waals surface area contributed by atoms with E-state index in [0.717, 1.165) is 58.7 Å². The monoisotopic (exact) mass is 665 g/mol. The van der Waals surface area contributed by atoms with Gasteiger partial charge in [0.1, 0.15) is 22.7 Å². The Morgan fingerprint density at radius 3 is 2.24 bits per heavy atom. The number of carbonyl (C=O) groups is 3. The molecule has 3 aromatic rings. The van der Waals surface area contributed by atoms with Gasteiger partial charge in [0.15, 0.2) is 0 Å². The molecule has 0 radical (unpaired) electrons. The maximum Gasteiger partial charge on any atom is 0.424 e. The van der Waals surface area contributed by atoms with Crippen molar-refractivity contribution in [3.8, 4) is 23.0 Å². The number of benzene rings is 1. The summed E-state index contributed by atoms with van der Waals surface area (Å²) in [6.45, 7) is 14.1. The number of ether oxygens (including phenoxy) is 2. The van der Waals surface area contributed by atoms with E-state index in [1.165, 1.54) is 19.3 Å². The number of carbonyl (C=O) groups excluding carboxylic acids is 3. The molecular formula is C39H47N5O5. The van der Waals surface area contributed by atoms with Gasteiger partial charge in [-0.3, -0.25) is 9.78 Å². The predicted molar refractivity (Wildman–Crippen MR) is 191 cm³/mol. The number of rotatable bonds is 4. The fraction of sp³-hybridized carbons (Fsp3) is 0.513. The number of piperidine rings is 1. The Labute approximate surface area is 289 Å². The molecule has 1 aromatic carbocycles. The number of hydrogen-bond acceptors (Lipinski definition) is 9. The molecule has 0 N–H and O–H groups in total. The Kier molecular flexibility index (Phi) is 9.18. The number of amides is 2. The second-order valence-corrected chi connectivity index (χ2v) is 15.5. The highest BCUT2D eigenvalue weighted by molar-refractivity contribution is 6.11. The zero-order valence-electron chi connectivity index (χ0n) is 29.8. The third-order valence-electron chi connectivity index (χ3n) is 9.36. The van der Waals surface area contributed by atoms with Crippen LogP contribution in [0.15, 0.2) is 36.7 Å². The van der Waals surface area contributed by atoms with Crippen LogP contribution in [0.5, 0.6) is 0 Å². The number of ketones is 1. The lowest BCUT2D eigenvalue weighted by atomic mass is 9.64. The molecule has 10 nitrogen and oxygen atoms in total. The van der Waals surface area contributed by atoms with Gasteiger partial charge in [-0.05, 0) is 104 Å². The first kappa shape index (κ1) is 34.4. The van der Waals surface area contributed by atoms with Crippen molar-refractivity contribution in [3.05, 3.63) is 47.9 Å². The van der Waals surface area contributed by atoms with E-state index < -0.39 is 28.8 Å². The minimum atomic E-state index is -0.883. The quantitative estimate of drug-likeness (QED) is 0.267. The Morgan fingerprint density at radius 1 is 0.939 bits per heavy atom. The molecule has 1 atom stereocenters. The fourth-order valence-electron chi connectivity index (χ4n) is 6.99. The molecule has 10 heteroatoms. The van der Waals surface area contributed by atoms with Crippen LogP contribution >= 0.6 is 0 Å². The Hall–Kier alpha value is -4.49.